The van der Waals surface area contributed by atoms with Gasteiger partial charge in [-0.1, -0.05) is 42.7 Å². The molecule has 0 bridgehead atoms. The average molecular weight is 176 g/mol. The first-order valence-electron chi connectivity index (χ1n) is 5.08. The average Bonchev–Trinajstić information content (AvgIpc) is 2.56. The van der Waals surface area contributed by atoms with Gasteiger partial charge in [-0.15, -0.1) is 12.0 Å². The quantitative estimate of drug-likeness (QED) is 0.396. The summed E-state index contributed by atoms with van der Waals surface area (Å²) < 4.78 is 0. The van der Waals surface area contributed by atoms with Gasteiger partial charge in [-0.2, -0.15) is 5.57 Å². The predicted octanol–water partition coefficient (Wildman–Crippen LogP) is 0.388. The van der Waals surface area contributed by atoms with Gasteiger partial charge in [0.2, 0.25) is 0 Å². The second kappa shape index (κ2) is 3.89. The van der Waals surface area contributed by atoms with Crippen LogP contribution in [0.1, 0.15) is 30.4 Å². The maximum absolute atomic E-state index is 2.43. The first-order valence-corrected chi connectivity index (χ1v) is 5.08. The summed E-state index contributed by atoms with van der Waals surface area (Å²) in [6, 6.07) is 8.85. The molecule has 0 nitrogen and oxygen atoms in total. The molecule has 0 fully saturated rings. The summed E-state index contributed by atoms with van der Waals surface area (Å²) in [5.74, 6) is 0. The molecule has 2 aliphatic carbocycles. The Kier molecular flexibility index (Phi) is 2.77. The van der Waals surface area contributed by atoms with Crippen LogP contribution in [0, 0.1) is 6.42 Å². The van der Waals surface area contributed by atoms with Crippen LogP contribution in [0.25, 0.3) is 5.57 Å². The van der Waals surface area contributed by atoms with Crippen molar-refractivity contribution in [3.05, 3.63) is 47.4 Å². The summed E-state index contributed by atoms with van der Waals surface area (Å²) >= 11 is 0. The number of hydrogen-bond acceptors (Lipinski definition) is 0. The van der Waals surface area contributed by atoms with Crippen molar-refractivity contribution in [2.24, 2.45) is 0 Å². The standard InChI is InChI=1S/C13H13.Li/c1-3-7-12-10(5-1)9-11-6-2-4-8-13(11)12;/h1,3,5-7H,2,4,8-9H2;/q-1;+1. The molecule has 14 heavy (non-hydrogen) atoms. The van der Waals surface area contributed by atoms with Crippen LogP contribution >= 0.6 is 0 Å². The number of rotatable bonds is 0. The summed E-state index contributed by atoms with van der Waals surface area (Å²) in [5.41, 5.74) is 6.29. The summed E-state index contributed by atoms with van der Waals surface area (Å²) in [5, 5.41) is 0. The van der Waals surface area contributed by atoms with Gasteiger partial charge < -0.3 is 0 Å². The molecule has 0 heterocycles. The molecular weight excluding hydrogens is 163 g/mol. The zero-order valence-electron chi connectivity index (χ0n) is 8.72. The molecule has 2 aliphatic rings. The molecule has 0 unspecified atom stereocenters. The van der Waals surface area contributed by atoms with Crippen LogP contribution in [0.4, 0.5) is 0 Å². The third-order valence-electron chi connectivity index (χ3n) is 3.13. The van der Waals surface area contributed by atoms with Gasteiger partial charge in [0.05, 0.1) is 0 Å². The Morgan fingerprint density at radius 2 is 2.00 bits per heavy atom. The molecule has 1 aromatic rings. The van der Waals surface area contributed by atoms with Gasteiger partial charge in [-0.05, 0) is 6.42 Å². The molecule has 0 spiro atoms. The molecule has 0 saturated heterocycles. The predicted molar refractivity (Wildman–Crippen MR) is 55.2 cm³/mol. The van der Waals surface area contributed by atoms with E-state index in [0.717, 1.165) is 0 Å². The molecule has 0 amide bonds. The van der Waals surface area contributed by atoms with E-state index in [1.807, 2.05) is 0 Å². The Balaban J connectivity index is 0.000000750. The number of benzene rings is 1. The molecule has 3 rings (SSSR count). The van der Waals surface area contributed by atoms with E-state index in [0.29, 0.717) is 0 Å². The molecule has 0 aliphatic heterocycles. The van der Waals surface area contributed by atoms with E-state index in [4.69, 9.17) is 0 Å². The van der Waals surface area contributed by atoms with E-state index in [1.54, 1.807) is 11.1 Å². The van der Waals surface area contributed by atoms with Crippen molar-refractivity contribution >= 4 is 5.57 Å². The number of fused-ring (bicyclic) bond motifs is 2. The summed E-state index contributed by atoms with van der Waals surface area (Å²) in [7, 11) is 0. The van der Waals surface area contributed by atoms with Crippen LogP contribution in [-0.2, 0) is 6.42 Å². The van der Waals surface area contributed by atoms with Crippen LogP contribution < -0.4 is 18.9 Å². The smallest absolute Gasteiger partial charge is 0.226 e. The van der Waals surface area contributed by atoms with Crippen LogP contribution in [0.5, 0.6) is 0 Å². The first-order chi connectivity index (χ1) is 6.45. The van der Waals surface area contributed by atoms with Crippen LogP contribution in [0.2, 0.25) is 0 Å². The monoisotopic (exact) mass is 176 g/mol. The topological polar surface area (TPSA) is 0 Å². The molecule has 0 saturated carbocycles. The van der Waals surface area contributed by atoms with Crippen molar-refractivity contribution in [3.63, 3.8) is 0 Å². The minimum atomic E-state index is 0. The fourth-order valence-electron chi connectivity index (χ4n) is 2.50. The van der Waals surface area contributed by atoms with E-state index in [2.05, 4.69) is 30.7 Å². The van der Waals surface area contributed by atoms with Crippen molar-refractivity contribution < 1.29 is 18.9 Å². The molecule has 0 N–H and O–H groups in total. The minimum absolute atomic E-state index is 0. The Morgan fingerprint density at radius 1 is 1.14 bits per heavy atom. The molecule has 1 aromatic carbocycles. The Bertz CT molecular complexity index is 377. The summed E-state index contributed by atoms with van der Waals surface area (Å²) in [6.07, 6.45) is 7.53. The van der Waals surface area contributed by atoms with Gasteiger partial charge in [0.1, 0.15) is 0 Å². The second-order valence-corrected chi connectivity index (χ2v) is 3.93. The zero-order chi connectivity index (χ0) is 8.67. The largest absolute Gasteiger partial charge is 1.00 e. The van der Waals surface area contributed by atoms with E-state index in [9.17, 15) is 0 Å². The summed E-state index contributed by atoms with van der Waals surface area (Å²) in [4.78, 5) is 0. The Labute approximate surface area is 97.6 Å². The number of allylic oxidation sites excluding steroid dienone is 2. The van der Waals surface area contributed by atoms with E-state index < -0.39 is 0 Å². The molecule has 1 heteroatoms. The van der Waals surface area contributed by atoms with Crippen LogP contribution in [0.3, 0.4) is 0 Å². The molecule has 0 radical (unpaired) electrons. The van der Waals surface area contributed by atoms with E-state index in [-0.39, 0.29) is 18.9 Å². The Hall–Kier alpha value is -0.573. The van der Waals surface area contributed by atoms with Gasteiger partial charge >= 0.3 is 18.9 Å². The third kappa shape index (κ3) is 1.43. The normalized spacial score (nSPS) is 18.0. The van der Waals surface area contributed by atoms with Gasteiger partial charge in [0.15, 0.2) is 0 Å². The molecule has 66 valence electrons. The van der Waals surface area contributed by atoms with Gasteiger partial charge in [-0.3, -0.25) is 0 Å². The molecular formula is C13H13Li. The molecule has 0 aromatic heterocycles. The van der Waals surface area contributed by atoms with Crippen molar-refractivity contribution in [2.45, 2.75) is 25.7 Å². The van der Waals surface area contributed by atoms with Crippen molar-refractivity contribution in [2.75, 3.05) is 0 Å². The van der Waals surface area contributed by atoms with Gasteiger partial charge in [-0.25, -0.2) is 12.0 Å². The fraction of sp³-hybridized carbons (Fsp3) is 0.308. The molecule has 0 atom stereocenters. The Morgan fingerprint density at radius 3 is 2.93 bits per heavy atom. The van der Waals surface area contributed by atoms with Crippen molar-refractivity contribution in [1.29, 1.82) is 0 Å². The van der Waals surface area contributed by atoms with Crippen LogP contribution in [0.15, 0.2) is 29.8 Å². The fourth-order valence-corrected chi connectivity index (χ4v) is 2.50. The second-order valence-electron chi connectivity index (χ2n) is 3.93. The minimum Gasteiger partial charge on any atom is -0.226 e. The van der Waals surface area contributed by atoms with Gasteiger partial charge in [0, 0.05) is 0 Å². The third-order valence-corrected chi connectivity index (χ3v) is 3.13. The van der Waals surface area contributed by atoms with Gasteiger partial charge in [0.25, 0.3) is 0 Å². The maximum Gasteiger partial charge on any atom is 1.00 e. The SMILES string of the molecule is [Li+].c1ccc2c(c1)CC1=C2CCC[CH-]1. The zero-order valence-corrected chi connectivity index (χ0v) is 8.72. The maximum atomic E-state index is 2.43. The van der Waals surface area contributed by atoms with E-state index >= 15 is 0 Å². The van der Waals surface area contributed by atoms with Crippen molar-refractivity contribution in [1.82, 2.24) is 0 Å². The van der Waals surface area contributed by atoms with E-state index in [1.165, 1.54) is 36.8 Å². The van der Waals surface area contributed by atoms with Crippen LogP contribution in [-0.4, -0.2) is 0 Å². The first kappa shape index (κ1) is 9.96. The summed E-state index contributed by atoms with van der Waals surface area (Å²) in [6.45, 7) is 0. The number of hydrogen-bond donors (Lipinski definition) is 0. The van der Waals surface area contributed by atoms with Crippen molar-refractivity contribution in [3.8, 4) is 0 Å².